The Bertz CT molecular complexity index is 661. The second-order valence-corrected chi connectivity index (χ2v) is 5.30. The van der Waals surface area contributed by atoms with Crippen molar-refractivity contribution in [1.29, 1.82) is 0 Å². The lowest BCUT2D eigenvalue weighted by Crippen LogP contribution is -2.11. The average molecular weight is 289 g/mol. The van der Waals surface area contributed by atoms with Crippen molar-refractivity contribution >= 4 is 22.9 Å². The number of aliphatic hydroxyl groups excluding tert-OH is 1. The Balaban J connectivity index is 2.13. The topological polar surface area (TPSA) is 67.2 Å². The van der Waals surface area contributed by atoms with Gasteiger partial charge in [0.05, 0.1) is 11.9 Å². The van der Waals surface area contributed by atoms with Crippen molar-refractivity contribution < 1.29 is 9.90 Å². The van der Waals surface area contributed by atoms with Crippen molar-refractivity contribution in [3.8, 4) is 11.8 Å². The van der Waals surface area contributed by atoms with Gasteiger partial charge in [0.1, 0.15) is 11.5 Å². The van der Waals surface area contributed by atoms with E-state index in [0.717, 1.165) is 0 Å². The molecule has 0 aliphatic carbocycles. The van der Waals surface area contributed by atoms with Gasteiger partial charge in [0.15, 0.2) is 0 Å². The molecule has 0 bridgehead atoms. The Hall–Kier alpha value is -2.10. The van der Waals surface area contributed by atoms with Gasteiger partial charge in [-0.15, -0.1) is 11.3 Å². The smallest absolute Gasteiger partial charge is 0.267 e. The van der Waals surface area contributed by atoms with Gasteiger partial charge in [-0.05, 0) is 25.3 Å². The average Bonchev–Trinajstić information content (AvgIpc) is 3.04. The molecule has 1 amide bonds. The normalized spacial score (nSPS) is 10.2. The second-order valence-electron chi connectivity index (χ2n) is 4.38. The summed E-state index contributed by atoms with van der Waals surface area (Å²) in [5.41, 5.74) is 1.27. The van der Waals surface area contributed by atoms with Crippen LogP contribution in [0.4, 0.5) is 5.69 Å². The predicted molar refractivity (Wildman–Crippen MR) is 78.8 cm³/mol. The number of aromatic nitrogens is 2. The van der Waals surface area contributed by atoms with Gasteiger partial charge in [0.25, 0.3) is 5.91 Å². The highest BCUT2D eigenvalue weighted by molar-refractivity contribution is 7.12. The van der Waals surface area contributed by atoms with Crippen LogP contribution in [0.2, 0.25) is 0 Å². The molecule has 2 rings (SSSR count). The van der Waals surface area contributed by atoms with Crippen LogP contribution in [0.5, 0.6) is 0 Å². The largest absolute Gasteiger partial charge is 0.384 e. The molecule has 2 aromatic rings. The van der Waals surface area contributed by atoms with Gasteiger partial charge in [0, 0.05) is 17.8 Å². The summed E-state index contributed by atoms with van der Waals surface area (Å²) in [4.78, 5) is 12.7. The van der Waals surface area contributed by atoms with E-state index in [0.29, 0.717) is 16.1 Å². The molecule has 6 heteroatoms. The van der Waals surface area contributed by atoms with Crippen LogP contribution in [0.25, 0.3) is 0 Å². The molecule has 0 unspecified atom stereocenters. The molecular weight excluding hydrogens is 274 g/mol. The van der Waals surface area contributed by atoms with E-state index in [4.69, 9.17) is 5.11 Å². The lowest BCUT2D eigenvalue weighted by molar-refractivity contribution is 0.103. The van der Waals surface area contributed by atoms with E-state index in [2.05, 4.69) is 22.3 Å². The molecule has 0 aliphatic rings. The van der Waals surface area contributed by atoms with Crippen molar-refractivity contribution in [2.24, 2.45) is 0 Å². The van der Waals surface area contributed by atoms with Gasteiger partial charge in [-0.25, -0.2) is 0 Å². The predicted octanol–water partition coefficient (Wildman–Crippen LogP) is 2.12. The Morgan fingerprint density at radius 3 is 3.05 bits per heavy atom. The molecule has 2 heterocycles. The minimum Gasteiger partial charge on any atom is -0.384 e. The van der Waals surface area contributed by atoms with Crippen LogP contribution in [0.3, 0.4) is 0 Å². The summed E-state index contributed by atoms with van der Waals surface area (Å²) in [6, 6.07) is 2.01. The molecule has 0 aliphatic heterocycles. The quantitative estimate of drug-likeness (QED) is 0.851. The van der Waals surface area contributed by atoms with E-state index < -0.39 is 0 Å². The van der Waals surface area contributed by atoms with E-state index in [1.807, 2.05) is 13.8 Å². The molecule has 0 spiro atoms. The van der Waals surface area contributed by atoms with Gasteiger partial charge in [0.2, 0.25) is 0 Å². The van der Waals surface area contributed by atoms with Crippen LogP contribution in [-0.4, -0.2) is 27.4 Å². The van der Waals surface area contributed by atoms with Gasteiger partial charge in [-0.2, -0.15) is 5.10 Å². The number of thiophene rings is 1. The van der Waals surface area contributed by atoms with Crippen molar-refractivity contribution in [1.82, 2.24) is 9.78 Å². The fraction of sp³-hybridized carbons (Fsp3) is 0.286. The van der Waals surface area contributed by atoms with Crippen LogP contribution in [0.15, 0.2) is 23.8 Å². The number of nitrogens with zero attached hydrogens (tertiary/aromatic N) is 2. The first-order chi connectivity index (χ1) is 9.61. The standard InChI is InChI=1S/C14H15N3O2S/c1-10(2)17-9-12(8-15-17)16-14(19)13-11(4-3-6-18)5-7-20-13/h5,7-10,18H,6H2,1-2H3,(H,16,19). The molecule has 104 valence electrons. The summed E-state index contributed by atoms with van der Waals surface area (Å²) < 4.78 is 1.77. The van der Waals surface area contributed by atoms with E-state index in [1.165, 1.54) is 11.3 Å². The Morgan fingerprint density at radius 2 is 2.40 bits per heavy atom. The highest BCUT2D eigenvalue weighted by Crippen LogP contribution is 2.18. The van der Waals surface area contributed by atoms with Crippen molar-refractivity contribution in [3.05, 3.63) is 34.3 Å². The Labute approximate surface area is 121 Å². The first kappa shape index (κ1) is 14.3. The highest BCUT2D eigenvalue weighted by atomic mass is 32.1. The summed E-state index contributed by atoms with van der Waals surface area (Å²) in [5.74, 6) is 5.09. The number of carbonyl (C=O) groups is 1. The molecule has 0 aromatic carbocycles. The molecule has 0 fully saturated rings. The number of carbonyl (C=O) groups excluding carboxylic acids is 1. The number of nitrogens with one attached hydrogen (secondary N) is 1. The zero-order chi connectivity index (χ0) is 14.5. The Kier molecular flexibility index (Phi) is 4.56. The lowest BCUT2D eigenvalue weighted by atomic mass is 10.2. The third-order valence-electron chi connectivity index (χ3n) is 2.56. The van der Waals surface area contributed by atoms with Crippen LogP contribution in [-0.2, 0) is 0 Å². The number of hydrogen-bond donors (Lipinski definition) is 2. The van der Waals surface area contributed by atoms with Crippen LogP contribution in [0, 0.1) is 11.8 Å². The highest BCUT2D eigenvalue weighted by Gasteiger charge is 2.13. The molecule has 0 saturated carbocycles. The first-order valence-corrected chi connectivity index (χ1v) is 7.02. The number of hydrogen-bond acceptors (Lipinski definition) is 4. The zero-order valence-electron chi connectivity index (χ0n) is 11.3. The second kappa shape index (κ2) is 6.37. The summed E-state index contributed by atoms with van der Waals surface area (Å²) >= 11 is 1.32. The molecule has 0 saturated heterocycles. The minimum absolute atomic E-state index is 0.217. The van der Waals surface area contributed by atoms with Crippen LogP contribution in [0.1, 0.15) is 35.1 Å². The van der Waals surface area contributed by atoms with E-state index in [1.54, 1.807) is 28.5 Å². The van der Waals surface area contributed by atoms with Crippen LogP contribution < -0.4 is 5.32 Å². The molecule has 2 N–H and O–H groups in total. The van der Waals surface area contributed by atoms with E-state index in [9.17, 15) is 4.79 Å². The maximum atomic E-state index is 12.2. The lowest BCUT2D eigenvalue weighted by Gasteiger charge is -2.03. The molecule has 0 radical (unpaired) electrons. The zero-order valence-corrected chi connectivity index (χ0v) is 12.1. The first-order valence-electron chi connectivity index (χ1n) is 6.14. The van der Waals surface area contributed by atoms with Crippen LogP contribution >= 0.6 is 11.3 Å². The molecule has 5 nitrogen and oxygen atoms in total. The molecule has 2 aromatic heterocycles. The van der Waals surface area contributed by atoms with Gasteiger partial charge in [-0.3, -0.25) is 9.48 Å². The van der Waals surface area contributed by atoms with Gasteiger partial charge < -0.3 is 10.4 Å². The van der Waals surface area contributed by atoms with E-state index in [-0.39, 0.29) is 18.6 Å². The number of aliphatic hydroxyl groups is 1. The van der Waals surface area contributed by atoms with Crippen molar-refractivity contribution in [2.45, 2.75) is 19.9 Å². The molecular formula is C14H15N3O2S. The molecule has 0 atom stereocenters. The third kappa shape index (κ3) is 3.26. The maximum absolute atomic E-state index is 12.2. The van der Waals surface area contributed by atoms with Gasteiger partial charge >= 0.3 is 0 Å². The SMILES string of the molecule is CC(C)n1cc(NC(=O)c2sccc2C#CCO)cn1. The maximum Gasteiger partial charge on any atom is 0.267 e. The Morgan fingerprint density at radius 1 is 1.60 bits per heavy atom. The summed E-state index contributed by atoms with van der Waals surface area (Å²) in [6.45, 7) is 3.80. The monoisotopic (exact) mass is 289 g/mol. The number of rotatable bonds is 3. The van der Waals surface area contributed by atoms with Gasteiger partial charge in [-0.1, -0.05) is 11.8 Å². The van der Waals surface area contributed by atoms with Crippen molar-refractivity contribution in [2.75, 3.05) is 11.9 Å². The minimum atomic E-state index is -0.224. The summed E-state index contributed by atoms with van der Waals surface area (Å²) in [7, 11) is 0. The molecule has 20 heavy (non-hydrogen) atoms. The fourth-order valence-corrected chi connectivity index (χ4v) is 2.34. The van der Waals surface area contributed by atoms with E-state index >= 15 is 0 Å². The summed E-state index contributed by atoms with van der Waals surface area (Å²) in [6.07, 6.45) is 3.40. The number of anilines is 1. The summed E-state index contributed by atoms with van der Waals surface area (Å²) in [5, 5.41) is 17.5. The number of amides is 1. The third-order valence-corrected chi connectivity index (χ3v) is 3.48. The fourth-order valence-electron chi connectivity index (χ4n) is 1.59. The van der Waals surface area contributed by atoms with Crippen molar-refractivity contribution in [3.63, 3.8) is 0 Å².